The first-order valence-electron chi connectivity index (χ1n) is 5.30. The van der Waals surface area contributed by atoms with Crippen LogP contribution in [0.15, 0.2) is 42.6 Å². The molecule has 0 unspecified atom stereocenters. The van der Waals surface area contributed by atoms with Crippen LogP contribution in [0.2, 0.25) is 0 Å². The first kappa shape index (κ1) is 10.2. The first-order valence-corrected chi connectivity index (χ1v) is 6.11. The average molecular weight is 242 g/mol. The predicted molar refractivity (Wildman–Crippen MR) is 68.8 cm³/mol. The second kappa shape index (κ2) is 3.82. The molecule has 84 valence electrons. The molecule has 4 heteroatoms. The van der Waals surface area contributed by atoms with E-state index < -0.39 is 0 Å². The largest absolute Gasteiger partial charge is 0.618 e. The van der Waals surface area contributed by atoms with Crippen molar-refractivity contribution in [2.75, 3.05) is 0 Å². The Kier molecular flexibility index (Phi) is 2.30. The van der Waals surface area contributed by atoms with Gasteiger partial charge in [-0.1, -0.05) is 12.1 Å². The van der Waals surface area contributed by atoms with Crippen LogP contribution < -0.4 is 4.73 Å². The second-order valence-electron chi connectivity index (χ2n) is 3.90. The number of nitrogens with zero attached hydrogens (tertiary/aromatic N) is 2. The summed E-state index contributed by atoms with van der Waals surface area (Å²) in [6.07, 6.45) is 1.57. The van der Waals surface area contributed by atoms with Crippen molar-refractivity contribution in [2.24, 2.45) is 0 Å². The van der Waals surface area contributed by atoms with Crippen LogP contribution in [0, 0.1) is 12.1 Å². The molecule has 3 aromatic rings. The van der Waals surface area contributed by atoms with E-state index in [1.807, 2.05) is 43.3 Å². The monoisotopic (exact) mass is 242 g/mol. The summed E-state index contributed by atoms with van der Waals surface area (Å²) in [7, 11) is 0. The lowest BCUT2D eigenvalue weighted by Gasteiger charge is -2.01. The molecule has 3 nitrogen and oxygen atoms in total. The van der Waals surface area contributed by atoms with Gasteiger partial charge in [-0.25, -0.2) is 4.98 Å². The molecule has 0 spiro atoms. The fourth-order valence-electron chi connectivity index (χ4n) is 1.73. The fraction of sp³-hybridized carbons (Fsp3) is 0.0769. The minimum atomic E-state index is 0.608. The zero-order valence-electron chi connectivity index (χ0n) is 9.25. The number of aromatic nitrogens is 2. The number of rotatable bonds is 1. The SMILES string of the molecule is Cc1ccc(-c2nc3ccccc3s2)[n+]([O-])c1. The Morgan fingerprint density at radius 3 is 2.76 bits per heavy atom. The molecule has 1 aromatic carbocycles. The van der Waals surface area contributed by atoms with Gasteiger partial charge in [-0.2, -0.15) is 4.73 Å². The van der Waals surface area contributed by atoms with Crippen LogP contribution in [0.5, 0.6) is 0 Å². The van der Waals surface area contributed by atoms with Gasteiger partial charge in [0.05, 0.1) is 10.2 Å². The Morgan fingerprint density at radius 1 is 1.18 bits per heavy atom. The molecule has 0 saturated heterocycles. The van der Waals surface area contributed by atoms with E-state index >= 15 is 0 Å². The maximum Gasteiger partial charge on any atom is 0.252 e. The third kappa shape index (κ3) is 1.76. The predicted octanol–water partition coefficient (Wildman–Crippen LogP) is 2.91. The van der Waals surface area contributed by atoms with Crippen molar-refractivity contribution < 1.29 is 4.73 Å². The van der Waals surface area contributed by atoms with Crippen molar-refractivity contribution in [3.05, 3.63) is 53.4 Å². The average Bonchev–Trinajstić information content (AvgIpc) is 2.72. The third-order valence-corrected chi connectivity index (χ3v) is 3.63. The van der Waals surface area contributed by atoms with Crippen LogP contribution in [-0.4, -0.2) is 4.98 Å². The van der Waals surface area contributed by atoms with E-state index in [1.165, 1.54) is 11.3 Å². The van der Waals surface area contributed by atoms with Gasteiger partial charge in [0.1, 0.15) is 0 Å². The molecule has 17 heavy (non-hydrogen) atoms. The van der Waals surface area contributed by atoms with Gasteiger partial charge in [0.2, 0.25) is 0 Å². The molecule has 3 rings (SSSR count). The van der Waals surface area contributed by atoms with Crippen LogP contribution in [-0.2, 0) is 0 Å². The summed E-state index contributed by atoms with van der Waals surface area (Å²) >= 11 is 1.54. The summed E-state index contributed by atoms with van der Waals surface area (Å²) in [5.41, 5.74) is 2.50. The Bertz CT molecular complexity index is 658. The number of aryl methyl sites for hydroxylation is 1. The highest BCUT2D eigenvalue weighted by atomic mass is 32.1. The van der Waals surface area contributed by atoms with E-state index in [0.29, 0.717) is 5.69 Å². The molecular weight excluding hydrogens is 232 g/mol. The van der Waals surface area contributed by atoms with E-state index in [0.717, 1.165) is 25.5 Å². The first-order chi connectivity index (χ1) is 8.24. The van der Waals surface area contributed by atoms with Gasteiger partial charge < -0.3 is 5.21 Å². The molecule has 2 aromatic heterocycles. The zero-order valence-corrected chi connectivity index (χ0v) is 10.1. The maximum absolute atomic E-state index is 11.8. The summed E-state index contributed by atoms with van der Waals surface area (Å²) < 4.78 is 1.98. The van der Waals surface area contributed by atoms with E-state index in [-0.39, 0.29) is 0 Å². The Morgan fingerprint density at radius 2 is 2.00 bits per heavy atom. The summed E-state index contributed by atoms with van der Waals surface area (Å²) in [4.78, 5) is 4.47. The highest BCUT2D eigenvalue weighted by molar-refractivity contribution is 7.21. The molecule has 0 radical (unpaired) electrons. The summed E-state index contributed by atoms with van der Waals surface area (Å²) in [6, 6.07) is 11.6. The lowest BCUT2D eigenvalue weighted by Crippen LogP contribution is -2.28. The quantitative estimate of drug-likeness (QED) is 0.486. The fourth-order valence-corrected chi connectivity index (χ4v) is 2.71. The molecule has 0 aliphatic rings. The van der Waals surface area contributed by atoms with Gasteiger partial charge in [-0.3, -0.25) is 0 Å². The van der Waals surface area contributed by atoms with Crippen LogP contribution in [0.3, 0.4) is 0 Å². The lowest BCUT2D eigenvalue weighted by atomic mass is 10.3. The van der Waals surface area contributed by atoms with E-state index in [4.69, 9.17) is 0 Å². The van der Waals surface area contributed by atoms with Crippen molar-refractivity contribution in [1.29, 1.82) is 0 Å². The molecule has 0 bridgehead atoms. The topological polar surface area (TPSA) is 39.8 Å². The molecule has 0 amide bonds. The molecule has 0 atom stereocenters. The summed E-state index contributed by atoms with van der Waals surface area (Å²) in [5.74, 6) is 0. The number of pyridine rings is 1. The number of fused-ring (bicyclic) bond motifs is 1. The molecule has 0 aliphatic carbocycles. The van der Waals surface area contributed by atoms with Crippen LogP contribution in [0.1, 0.15) is 5.56 Å². The molecule has 2 heterocycles. The van der Waals surface area contributed by atoms with Crippen LogP contribution in [0.4, 0.5) is 0 Å². The number of thiazole rings is 1. The molecule has 0 N–H and O–H groups in total. The normalized spacial score (nSPS) is 10.9. The van der Waals surface area contributed by atoms with Gasteiger partial charge in [0, 0.05) is 11.6 Å². The Balaban J connectivity index is 2.20. The van der Waals surface area contributed by atoms with Gasteiger partial charge in [0.25, 0.3) is 5.69 Å². The summed E-state index contributed by atoms with van der Waals surface area (Å²) in [5, 5.41) is 12.6. The van der Waals surface area contributed by atoms with Gasteiger partial charge >= 0.3 is 0 Å². The van der Waals surface area contributed by atoms with Crippen molar-refractivity contribution in [2.45, 2.75) is 6.92 Å². The van der Waals surface area contributed by atoms with Crippen molar-refractivity contribution in [1.82, 2.24) is 4.98 Å². The molecular formula is C13H10N2OS. The minimum Gasteiger partial charge on any atom is -0.618 e. The number of hydrogen-bond acceptors (Lipinski definition) is 3. The van der Waals surface area contributed by atoms with Crippen LogP contribution in [0.25, 0.3) is 20.9 Å². The van der Waals surface area contributed by atoms with E-state index in [9.17, 15) is 5.21 Å². The van der Waals surface area contributed by atoms with Gasteiger partial charge in [0.15, 0.2) is 11.2 Å². The Labute approximate surface area is 103 Å². The highest BCUT2D eigenvalue weighted by Crippen LogP contribution is 2.27. The Hall–Kier alpha value is -1.94. The molecule has 0 aliphatic heterocycles. The van der Waals surface area contributed by atoms with Crippen molar-refractivity contribution >= 4 is 21.6 Å². The smallest absolute Gasteiger partial charge is 0.252 e. The molecule has 0 fully saturated rings. The van der Waals surface area contributed by atoms with Gasteiger partial charge in [-0.15, -0.1) is 11.3 Å². The standard InChI is InChI=1S/C13H10N2OS/c1-9-6-7-11(15(16)8-9)13-14-10-4-2-3-5-12(10)17-13/h2-8H,1H3. The highest BCUT2D eigenvalue weighted by Gasteiger charge is 2.13. The lowest BCUT2D eigenvalue weighted by molar-refractivity contribution is -0.594. The van der Waals surface area contributed by atoms with Crippen molar-refractivity contribution in [3.63, 3.8) is 0 Å². The van der Waals surface area contributed by atoms with Gasteiger partial charge in [-0.05, 0) is 25.1 Å². The maximum atomic E-state index is 11.8. The number of benzene rings is 1. The third-order valence-electron chi connectivity index (χ3n) is 2.58. The van der Waals surface area contributed by atoms with E-state index in [2.05, 4.69) is 4.98 Å². The van der Waals surface area contributed by atoms with Crippen molar-refractivity contribution in [3.8, 4) is 10.7 Å². The minimum absolute atomic E-state index is 0.608. The number of para-hydroxylation sites is 1. The zero-order chi connectivity index (χ0) is 11.8. The van der Waals surface area contributed by atoms with E-state index in [1.54, 1.807) is 6.20 Å². The molecule has 0 saturated carbocycles. The number of hydrogen-bond donors (Lipinski definition) is 0. The van der Waals surface area contributed by atoms with Crippen LogP contribution >= 0.6 is 11.3 Å². The second-order valence-corrected chi connectivity index (χ2v) is 4.93. The summed E-state index contributed by atoms with van der Waals surface area (Å²) in [6.45, 7) is 1.90.